The summed E-state index contributed by atoms with van der Waals surface area (Å²) in [7, 11) is 0. The highest BCUT2D eigenvalue weighted by molar-refractivity contribution is 6.01. The van der Waals surface area contributed by atoms with Crippen molar-refractivity contribution in [2.75, 3.05) is 0 Å². The summed E-state index contributed by atoms with van der Waals surface area (Å²) in [5, 5.41) is 0.987. The van der Waals surface area contributed by atoms with Crippen molar-refractivity contribution in [1.82, 2.24) is 19.9 Å². The van der Waals surface area contributed by atoms with Crippen LogP contribution in [0, 0.1) is 0 Å². The van der Waals surface area contributed by atoms with Crippen LogP contribution < -0.4 is 0 Å². The van der Waals surface area contributed by atoms with Crippen molar-refractivity contribution in [2.24, 2.45) is 0 Å². The first kappa shape index (κ1) is 33.3. The maximum atomic E-state index is 5.51. The summed E-state index contributed by atoms with van der Waals surface area (Å²) in [6, 6.07) is 72.9. The second-order valence-corrected chi connectivity index (χ2v) is 15.3. The molecule has 59 heavy (non-hydrogen) atoms. The van der Waals surface area contributed by atoms with Gasteiger partial charge in [0.1, 0.15) is 0 Å². The topological polar surface area (TPSA) is 51.6 Å². The van der Waals surface area contributed by atoms with E-state index < -0.39 is 5.41 Å². The third kappa shape index (κ3) is 5.03. The zero-order chi connectivity index (χ0) is 38.9. The molecule has 8 aromatic carbocycles. The highest BCUT2D eigenvalue weighted by atomic mass is 14.9. The average molecular weight is 751 g/mol. The molecule has 274 valence electrons. The van der Waals surface area contributed by atoms with Crippen LogP contribution in [0.4, 0.5) is 0 Å². The summed E-state index contributed by atoms with van der Waals surface area (Å²) in [6.07, 6.45) is 0. The molecular formula is C55H34N4. The number of aromatic nitrogens is 4. The largest absolute Gasteiger partial charge is 0.228 e. The molecule has 0 atom stereocenters. The van der Waals surface area contributed by atoms with Crippen molar-refractivity contribution < 1.29 is 0 Å². The average Bonchev–Trinajstić information content (AvgIpc) is 3.79. The van der Waals surface area contributed by atoms with Crippen molar-refractivity contribution in [3.05, 3.63) is 229 Å². The van der Waals surface area contributed by atoms with Gasteiger partial charge in [0.2, 0.25) is 0 Å². The van der Waals surface area contributed by atoms with Crippen LogP contribution in [0.2, 0.25) is 0 Å². The second kappa shape index (κ2) is 13.1. The maximum Gasteiger partial charge on any atom is 0.161 e. The molecule has 1 spiro atoms. The normalized spacial score (nSPS) is 12.9. The highest BCUT2D eigenvalue weighted by Crippen LogP contribution is 2.63. The maximum absolute atomic E-state index is 5.51. The van der Waals surface area contributed by atoms with Crippen LogP contribution in [0.25, 0.3) is 89.7 Å². The molecule has 0 N–H and O–H groups in total. The van der Waals surface area contributed by atoms with Crippen LogP contribution in [0.3, 0.4) is 0 Å². The molecule has 0 bridgehead atoms. The van der Waals surface area contributed by atoms with Crippen LogP contribution >= 0.6 is 0 Å². The van der Waals surface area contributed by atoms with Gasteiger partial charge in [-0.2, -0.15) is 0 Å². The fraction of sp³-hybridized carbons (Fsp3) is 0.0182. The van der Waals surface area contributed by atoms with Gasteiger partial charge in [-0.15, -0.1) is 0 Å². The Morgan fingerprint density at radius 1 is 0.305 bits per heavy atom. The van der Waals surface area contributed by atoms with Gasteiger partial charge in [0, 0.05) is 33.2 Å². The van der Waals surface area contributed by atoms with E-state index in [9.17, 15) is 0 Å². The smallest absolute Gasteiger partial charge is 0.161 e. The number of fused-ring (bicyclic) bond motifs is 11. The molecule has 2 aliphatic rings. The number of nitrogens with zero attached hydrogens (tertiary/aromatic N) is 4. The van der Waals surface area contributed by atoms with E-state index in [-0.39, 0.29) is 0 Å². The SMILES string of the molecule is c1ccc(-c2cc(-c3ccccc3)nc(-c3cccc(-c4nc(-c5cccc6c5-c5ccccc5C65c6ccccc6-c6ccccc65)nc5ccccc45)c3)n2)cc1. The summed E-state index contributed by atoms with van der Waals surface area (Å²) in [5.41, 5.74) is 18.2. The molecule has 0 aliphatic heterocycles. The van der Waals surface area contributed by atoms with Gasteiger partial charge in [-0.3, -0.25) is 0 Å². The molecule has 0 saturated carbocycles. The van der Waals surface area contributed by atoms with E-state index >= 15 is 0 Å². The lowest BCUT2D eigenvalue weighted by Gasteiger charge is -2.30. The van der Waals surface area contributed by atoms with Crippen molar-refractivity contribution in [2.45, 2.75) is 5.41 Å². The molecule has 0 amide bonds. The van der Waals surface area contributed by atoms with Gasteiger partial charge in [-0.05, 0) is 62.7 Å². The Hall–Kier alpha value is -7.82. The molecular weight excluding hydrogens is 717 g/mol. The lowest BCUT2D eigenvalue weighted by atomic mass is 9.70. The Morgan fingerprint density at radius 2 is 0.797 bits per heavy atom. The van der Waals surface area contributed by atoms with E-state index in [2.05, 4.69) is 170 Å². The highest BCUT2D eigenvalue weighted by Gasteiger charge is 2.52. The molecule has 12 rings (SSSR count). The van der Waals surface area contributed by atoms with Gasteiger partial charge in [0.25, 0.3) is 0 Å². The van der Waals surface area contributed by atoms with Crippen LogP contribution in [-0.2, 0) is 5.41 Å². The quantitative estimate of drug-likeness (QED) is 0.176. The van der Waals surface area contributed by atoms with Crippen molar-refractivity contribution in [3.8, 4) is 78.8 Å². The van der Waals surface area contributed by atoms with Crippen molar-refractivity contribution in [3.63, 3.8) is 0 Å². The lowest BCUT2D eigenvalue weighted by Crippen LogP contribution is -2.25. The van der Waals surface area contributed by atoms with Gasteiger partial charge >= 0.3 is 0 Å². The minimum Gasteiger partial charge on any atom is -0.228 e. The zero-order valence-electron chi connectivity index (χ0n) is 31.9. The molecule has 2 heterocycles. The molecule has 4 nitrogen and oxygen atoms in total. The van der Waals surface area contributed by atoms with Crippen LogP contribution in [0.5, 0.6) is 0 Å². The second-order valence-electron chi connectivity index (χ2n) is 15.3. The first-order valence-corrected chi connectivity index (χ1v) is 20.1. The first-order chi connectivity index (χ1) is 29.3. The van der Waals surface area contributed by atoms with E-state index in [4.69, 9.17) is 19.9 Å². The van der Waals surface area contributed by atoms with E-state index in [0.29, 0.717) is 11.6 Å². The Balaban J connectivity index is 1.06. The number of rotatable bonds is 5. The lowest BCUT2D eigenvalue weighted by molar-refractivity contribution is 0.794. The van der Waals surface area contributed by atoms with Crippen molar-refractivity contribution >= 4 is 10.9 Å². The van der Waals surface area contributed by atoms with Gasteiger partial charge in [0.05, 0.1) is 28.0 Å². The van der Waals surface area contributed by atoms with E-state index in [0.717, 1.165) is 55.8 Å². The minimum atomic E-state index is -0.448. The predicted octanol–water partition coefficient (Wildman–Crippen LogP) is 13.1. The summed E-state index contributed by atoms with van der Waals surface area (Å²) in [4.78, 5) is 21.1. The Kier molecular flexibility index (Phi) is 7.41. The van der Waals surface area contributed by atoms with E-state index in [1.807, 2.05) is 36.4 Å². The summed E-state index contributed by atoms with van der Waals surface area (Å²) < 4.78 is 0. The van der Waals surface area contributed by atoms with Crippen LogP contribution in [0.15, 0.2) is 206 Å². The van der Waals surface area contributed by atoms with E-state index in [1.165, 1.54) is 44.5 Å². The first-order valence-electron chi connectivity index (χ1n) is 20.1. The van der Waals surface area contributed by atoms with Crippen LogP contribution in [0.1, 0.15) is 22.3 Å². The predicted molar refractivity (Wildman–Crippen MR) is 239 cm³/mol. The van der Waals surface area contributed by atoms with Crippen molar-refractivity contribution in [1.29, 1.82) is 0 Å². The van der Waals surface area contributed by atoms with Gasteiger partial charge in [-0.25, -0.2) is 19.9 Å². The summed E-state index contributed by atoms with van der Waals surface area (Å²) in [5.74, 6) is 1.35. The monoisotopic (exact) mass is 750 g/mol. The molecule has 0 radical (unpaired) electrons. The standard InChI is InChI=1S/C55H34N4/c1-3-17-35(18-4-1)49-34-50(36-19-5-2-6-20-36)58-53(57-49)38-22-15-21-37(33-38)52-42-26-10-14-32-48(42)56-54(59-52)43-27-16-31-47-51(43)41-25-9-13-30-46(41)55(47)44-28-11-7-23-39(44)40-24-8-12-29-45(40)55/h1-34H. The van der Waals surface area contributed by atoms with Gasteiger partial charge in [-0.1, -0.05) is 188 Å². The molecule has 0 fully saturated rings. The Bertz CT molecular complexity index is 3180. The fourth-order valence-electron chi connectivity index (χ4n) is 9.64. The Labute approximate surface area is 342 Å². The number of hydrogen-bond donors (Lipinski definition) is 0. The van der Waals surface area contributed by atoms with E-state index in [1.54, 1.807) is 0 Å². The fourth-order valence-corrected chi connectivity index (χ4v) is 9.64. The molecule has 0 unspecified atom stereocenters. The molecule has 0 saturated heterocycles. The number of para-hydroxylation sites is 1. The Morgan fingerprint density at radius 3 is 1.47 bits per heavy atom. The van der Waals surface area contributed by atoms with Crippen LogP contribution in [-0.4, -0.2) is 19.9 Å². The zero-order valence-corrected chi connectivity index (χ0v) is 31.9. The molecule has 2 aromatic heterocycles. The molecule has 4 heteroatoms. The third-order valence-electron chi connectivity index (χ3n) is 12.1. The summed E-state index contributed by atoms with van der Waals surface area (Å²) >= 11 is 0. The molecule has 2 aliphatic carbocycles. The molecule has 10 aromatic rings. The summed E-state index contributed by atoms with van der Waals surface area (Å²) in [6.45, 7) is 0. The third-order valence-corrected chi connectivity index (χ3v) is 12.1. The van der Waals surface area contributed by atoms with Gasteiger partial charge in [0.15, 0.2) is 11.6 Å². The number of hydrogen-bond acceptors (Lipinski definition) is 4. The number of benzene rings is 8. The minimum absolute atomic E-state index is 0.448. The van der Waals surface area contributed by atoms with Gasteiger partial charge < -0.3 is 0 Å².